The minimum absolute atomic E-state index is 0.00132. The number of amides is 1. The van der Waals surface area contributed by atoms with E-state index in [0.29, 0.717) is 17.0 Å². The smallest absolute Gasteiger partial charge is 0.332 e. The zero-order valence-electron chi connectivity index (χ0n) is 17.1. The maximum absolute atomic E-state index is 12.8. The molecule has 0 saturated heterocycles. The van der Waals surface area contributed by atoms with E-state index in [1.54, 1.807) is 19.3 Å². The number of hydrogen-bond donors (Lipinski definition) is 1. The summed E-state index contributed by atoms with van der Waals surface area (Å²) in [4.78, 5) is 42.0. The van der Waals surface area contributed by atoms with Gasteiger partial charge < -0.3 is 10.1 Å². The van der Waals surface area contributed by atoms with E-state index in [0.717, 1.165) is 10.1 Å². The van der Waals surface area contributed by atoms with Gasteiger partial charge in [0.25, 0.3) is 11.5 Å². The molecule has 1 N–H and O–H groups in total. The van der Waals surface area contributed by atoms with E-state index >= 15 is 0 Å². The number of carbonyl (C=O) groups is 1. The summed E-state index contributed by atoms with van der Waals surface area (Å²) in [6, 6.07) is 7.40. The fourth-order valence-corrected chi connectivity index (χ4v) is 3.15. The van der Waals surface area contributed by atoms with Crippen molar-refractivity contribution in [2.24, 2.45) is 14.1 Å². The van der Waals surface area contributed by atoms with Crippen molar-refractivity contribution < 1.29 is 9.53 Å². The topological polar surface area (TPSA) is 95.2 Å². The van der Waals surface area contributed by atoms with Gasteiger partial charge in [-0.1, -0.05) is 32.0 Å². The molecule has 3 aromatic rings. The van der Waals surface area contributed by atoms with Crippen LogP contribution in [0, 0.1) is 6.92 Å². The van der Waals surface area contributed by atoms with Crippen LogP contribution in [0.5, 0.6) is 5.75 Å². The molecule has 0 atom stereocenters. The number of nitrogens with zero attached hydrogens (tertiary/aromatic N) is 3. The Hall–Kier alpha value is -3.42. The Bertz CT molecular complexity index is 1210. The minimum Gasteiger partial charge on any atom is -0.483 e. The standard InChI is InChI=1S/C21H24N4O4/c1-12(2)14-10-22-19-17(20(27)25(5)21(28)24(19)4)18(14)23-16(26)11-29-15-9-7-6-8-13(15)3/h6-10,12H,11H2,1-5H3,(H,22,23,26). The van der Waals surface area contributed by atoms with Crippen LogP contribution in [-0.4, -0.2) is 26.6 Å². The van der Waals surface area contributed by atoms with Crippen molar-refractivity contribution in [1.82, 2.24) is 14.1 Å². The minimum atomic E-state index is -0.506. The lowest BCUT2D eigenvalue weighted by molar-refractivity contribution is -0.118. The number of benzene rings is 1. The normalized spacial score (nSPS) is 11.1. The average Bonchev–Trinajstić information content (AvgIpc) is 2.69. The van der Waals surface area contributed by atoms with E-state index in [1.807, 2.05) is 39.0 Å². The summed E-state index contributed by atoms with van der Waals surface area (Å²) in [6.07, 6.45) is 1.59. The maximum atomic E-state index is 12.8. The van der Waals surface area contributed by atoms with Gasteiger partial charge in [-0.05, 0) is 30.0 Å². The molecule has 0 aliphatic carbocycles. The first-order valence-electron chi connectivity index (χ1n) is 9.29. The molecule has 1 amide bonds. The first-order valence-corrected chi connectivity index (χ1v) is 9.29. The lowest BCUT2D eigenvalue weighted by Crippen LogP contribution is -2.38. The largest absolute Gasteiger partial charge is 0.483 e. The van der Waals surface area contributed by atoms with E-state index in [4.69, 9.17) is 4.74 Å². The van der Waals surface area contributed by atoms with Crippen molar-refractivity contribution in [3.8, 4) is 5.75 Å². The van der Waals surface area contributed by atoms with Crippen LogP contribution < -0.4 is 21.3 Å². The van der Waals surface area contributed by atoms with Gasteiger partial charge in [0, 0.05) is 20.3 Å². The van der Waals surface area contributed by atoms with E-state index < -0.39 is 17.2 Å². The molecule has 0 fully saturated rings. The van der Waals surface area contributed by atoms with Crippen LogP contribution >= 0.6 is 0 Å². The van der Waals surface area contributed by atoms with Crippen LogP contribution in [0.25, 0.3) is 11.0 Å². The predicted molar refractivity (Wildman–Crippen MR) is 112 cm³/mol. The lowest BCUT2D eigenvalue weighted by Gasteiger charge is -2.17. The summed E-state index contributed by atoms with van der Waals surface area (Å²) in [5.74, 6) is 0.213. The van der Waals surface area contributed by atoms with Gasteiger partial charge in [0.05, 0.1) is 5.69 Å². The van der Waals surface area contributed by atoms with E-state index in [9.17, 15) is 14.4 Å². The Kier molecular flexibility index (Phi) is 5.54. The Morgan fingerprint density at radius 2 is 1.86 bits per heavy atom. The summed E-state index contributed by atoms with van der Waals surface area (Å²) < 4.78 is 7.91. The molecule has 0 aliphatic rings. The fourth-order valence-electron chi connectivity index (χ4n) is 3.15. The number of fused-ring (bicyclic) bond motifs is 1. The quantitative estimate of drug-likeness (QED) is 0.712. The molecule has 0 radical (unpaired) electrons. The van der Waals surface area contributed by atoms with Gasteiger partial charge in [-0.25, -0.2) is 9.78 Å². The molecule has 8 heteroatoms. The van der Waals surface area contributed by atoms with Crippen molar-refractivity contribution in [2.75, 3.05) is 11.9 Å². The molecule has 152 valence electrons. The molecule has 3 rings (SSSR count). The Morgan fingerprint density at radius 1 is 1.17 bits per heavy atom. The third-order valence-corrected chi connectivity index (χ3v) is 4.84. The van der Waals surface area contributed by atoms with Crippen LogP contribution in [-0.2, 0) is 18.9 Å². The third kappa shape index (κ3) is 3.78. The Labute approximate surface area is 167 Å². The highest BCUT2D eigenvalue weighted by atomic mass is 16.5. The number of aryl methyl sites for hydroxylation is 2. The summed E-state index contributed by atoms with van der Waals surface area (Å²) in [7, 11) is 2.94. The zero-order chi connectivity index (χ0) is 21.3. The zero-order valence-corrected chi connectivity index (χ0v) is 17.1. The molecular weight excluding hydrogens is 372 g/mol. The maximum Gasteiger partial charge on any atom is 0.332 e. The van der Waals surface area contributed by atoms with Gasteiger partial charge >= 0.3 is 5.69 Å². The number of carbonyl (C=O) groups excluding carboxylic acids is 1. The molecule has 0 saturated carbocycles. The highest BCUT2D eigenvalue weighted by Crippen LogP contribution is 2.28. The van der Waals surface area contributed by atoms with Crippen molar-refractivity contribution in [3.63, 3.8) is 0 Å². The van der Waals surface area contributed by atoms with Gasteiger partial charge in [0.15, 0.2) is 12.3 Å². The Balaban J connectivity index is 2.04. The van der Waals surface area contributed by atoms with Crippen LogP contribution in [0.3, 0.4) is 0 Å². The van der Waals surface area contributed by atoms with Crippen molar-refractivity contribution in [1.29, 1.82) is 0 Å². The van der Waals surface area contributed by atoms with E-state index in [2.05, 4.69) is 10.3 Å². The number of ether oxygens (including phenoxy) is 1. The number of para-hydroxylation sites is 1. The van der Waals surface area contributed by atoms with Crippen molar-refractivity contribution >= 4 is 22.6 Å². The molecule has 2 heterocycles. The summed E-state index contributed by atoms with van der Waals surface area (Å²) >= 11 is 0. The number of hydrogen-bond acceptors (Lipinski definition) is 5. The molecule has 1 aromatic carbocycles. The number of anilines is 1. The first kappa shape index (κ1) is 20.3. The van der Waals surface area contributed by atoms with E-state index in [1.165, 1.54) is 11.6 Å². The number of aromatic nitrogens is 3. The highest BCUT2D eigenvalue weighted by molar-refractivity contribution is 6.01. The number of nitrogens with one attached hydrogen (secondary N) is 1. The predicted octanol–water partition coefficient (Wildman–Crippen LogP) is 2.08. The Morgan fingerprint density at radius 3 is 2.52 bits per heavy atom. The number of pyridine rings is 1. The van der Waals surface area contributed by atoms with Gasteiger partial charge in [0.1, 0.15) is 11.1 Å². The fraction of sp³-hybridized carbons (Fsp3) is 0.333. The molecule has 8 nitrogen and oxygen atoms in total. The highest BCUT2D eigenvalue weighted by Gasteiger charge is 2.20. The summed E-state index contributed by atoms with van der Waals surface area (Å²) in [5, 5.41) is 3.01. The molecule has 0 aliphatic heterocycles. The second kappa shape index (κ2) is 7.90. The molecule has 0 bridgehead atoms. The SMILES string of the molecule is Cc1ccccc1OCC(=O)Nc1c(C(C)C)cnc2c1c(=O)n(C)c(=O)n2C. The summed E-state index contributed by atoms with van der Waals surface area (Å²) in [6.45, 7) is 5.56. The molecule has 0 unspecified atom stereocenters. The van der Waals surface area contributed by atoms with Gasteiger partial charge in [-0.15, -0.1) is 0 Å². The van der Waals surface area contributed by atoms with Gasteiger partial charge in [-0.3, -0.25) is 18.7 Å². The van der Waals surface area contributed by atoms with Crippen molar-refractivity contribution in [3.05, 3.63) is 62.4 Å². The molecule has 2 aromatic heterocycles. The van der Waals surface area contributed by atoms with E-state index in [-0.39, 0.29) is 23.6 Å². The molecular formula is C21H24N4O4. The third-order valence-electron chi connectivity index (χ3n) is 4.84. The van der Waals surface area contributed by atoms with Gasteiger partial charge in [0.2, 0.25) is 0 Å². The van der Waals surface area contributed by atoms with Crippen LogP contribution in [0.4, 0.5) is 5.69 Å². The first-order chi connectivity index (χ1) is 13.7. The molecule has 0 spiro atoms. The molecule has 29 heavy (non-hydrogen) atoms. The second-order valence-electron chi connectivity index (χ2n) is 7.25. The van der Waals surface area contributed by atoms with Crippen LogP contribution in [0.1, 0.15) is 30.9 Å². The van der Waals surface area contributed by atoms with Crippen molar-refractivity contribution in [2.45, 2.75) is 26.7 Å². The average molecular weight is 396 g/mol. The van der Waals surface area contributed by atoms with Gasteiger partial charge in [-0.2, -0.15) is 0 Å². The monoisotopic (exact) mass is 396 g/mol. The van der Waals surface area contributed by atoms with Crippen LogP contribution in [0.15, 0.2) is 40.1 Å². The summed E-state index contributed by atoms with van der Waals surface area (Å²) in [5.41, 5.74) is 1.22. The second-order valence-corrected chi connectivity index (χ2v) is 7.25. The number of rotatable bonds is 5. The van der Waals surface area contributed by atoms with Crippen LogP contribution in [0.2, 0.25) is 0 Å². The lowest BCUT2D eigenvalue weighted by atomic mass is 10.0.